The molecule has 2 aromatic rings. The Balaban J connectivity index is 1.95. The fraction of sp³-hybridized carbons (Fsp3) is 0.158. The van der Waals surface area contributed by atoms with Gasteiger partial charge in [0.15, 0.2) is 0 Å². The molecule has 0 N–H and O–H groups in total. The van der Waals surface area contributed by atoms with E-state index < -0.39 is 0 Å². The third-order valence-electron chi connectivity index (χ3n) is 3.99. The molecular weight excluding hydrogens is 386 g/mol. The molecule has 1 saturated heterocycles. The Bertz CT molecular complexity index is 825. The van der Waals surface area contributed by atoms with Gasteiger partial charge in [-0.2, -0.15) is 0 Å². The molecule has 0 aromatic heterocycles. The molecule has 0 bridgehead atoms. The van der Waals surface area contributed by atoms with Gasteiger partial charge in [-0.1, -0.05) is 47.1 Å². The molecule has 122 valence electrons. The molecular formula is C19H16BrNO2S. The summed E-state index contributed by atoms with van der Waals surface area (Å²) in [5.74, 6) is -0.255. The number of carbonyl (C=O) groups excluding carboxylic acids is 2. The molecule has 0 unspecified atom stereocenters. The number of benzene rings is 2. The number of nitrogens with zero attached hydrogens (tertiary/aromatic N) is 1. The zero-order valence-corrected chi connectivity index (χ0v) is 15.8. The third kappa shape index (κ3) is 3.19. The second-order valence-electron chi connectivity index (χ2n) is 5.49. The van der Waals surface area contributed by atoms with E-state index in [9.17, 15) is 9.59 Å². The number of rotatable bonds is 3. The van der Waals surface area contributed by atoms with E-state index in [1.165, 1.54) is 10.5 Å². The van der Waals surface area contributed by atoms with Crippen molar-refractivity contribution in [3.8, 4) is 0 Å². The Morgan fingerprint density at radius 2 is 1.67 bits per heavy atom. The topological polar surface area (TPSA) is 37.4 Å². The first-order valence-corrected chi connectivity index (χ1v) is 9.24. The molecule has 3 rings (SSSR count). The predicted molar refractivity (Wildman–Crippen MR) is 103 cm³/mol. The summed E-state index contributed by atoms with van der Waals surface area (Å²) < 4.78 is 0.975. The Labute approximate surface area is 153 Å². The van der Waals surface area contributed by atoms with Gasteiger partial charge in [0.25, 0.3) is 11.1 Å². The maximum atomic E-state index is 12.8. The molecule has 2 amide bonds. The first-order valence-electron chi connectivity index (χ1n) is 7.63. The van der Waals surface area contributed by atoms with Gasteiger partial charge in [-0.3, -0.25) is 9.59 Å². The van der Waals surface area contributed by atoms with Gasteiger partial charge in [-0.15, -0.1) is 0 Å². The molecule has 0 saturated carbocycles. The Hall–Kier alpha value is -1.85. The number of carbonyl (C=O) groups is 2. The lowest BCUT2D eigenvalue weighted by molar-refractivity contribution is -0.113. The van der Waals surface area contributed by atoms with Crippen LogP contribution in [0.1, 0.15) is 25.0 Å². The number of allylic oxidation sites excluding steroid dienone is 1. The number of hydrogen-bond donors (Lipinski definition) is 0. The fourth-order valence-electron chi connectivity index (χ4n) is 2.53. The minimum absolute atomic E-state index is 0.254. The van der Waals surface area contributed by atoms with Crippen molar-refractivity contribution in [3.05, 3.63) is 69.0 Å². The summed E-state index contributed by atoms with van der Waals surface area (Å²) >= 11 is 4.40. The SMILES string of the molecule is CCc1ccc(N2C(=O)S/C(=C(/C)c3ccc(Br)cc3)C2=O)cc1. The second kappa shape index (κ2) is 6.95. The lowest BCUT2D eigenvalue weighted by Gasteiger charge is -2.13. The quantitative estimate of drug-likeness (QED) is 0.624. The van der Waals surface area contributed by atoms with Crippen LogP contribution in [-0.2, 0) is 11.2 Å². The van der Waals surface area contributed by atoms with E-state index in [1.54, 1.807) is 0 Å². The molecule has 1 aliphatic heterocycles. The summed E-state index contributed by atoms with van der Waals surface area (Å²) in [6, 6.07) is 15.3. The van der Waals surface area contributed by atoms with Crippen molar-refractivity contribution < 1.29 is 9.59 Å². The zero-order chi connectivity index (χ0) is 17.3. The molecule has 5 heteroatoms. The number of aryl methyl sites for hydroxylation is 1. The summed E-state index contributed by atoms with van der Waals surface area (Å²) in [6.07, 6.45) is 0.921. The molecule has 3 nitrogen and oxygen atoms in total. The summed E-state index contributed by atoms with van der Waals surface area (Å²) in [7, 11) is 0. The number of anilines is 1. The van der Waals surface area contributed by atoms with Crippen LogP contribution in [0.5, 0.6) is 0 Å². The van der Waals surface area contributed by atoms with Crippen LogP contribution in [0, 0.1) is 0 Å². The Morgan fingerprint density at radius 1 is 1.04 bits per heavy atom. The van der Waals surface area contributed by atoms with Crippen molar-refractivity contribution in [2.75, 3.05) is 4.90 Å². The highest BCUT2D eigenvalue weighted by Crippen LogP contribution is 2.39. The first-order chi connectivity index (χ1) is 11.5. The van der Waals surface area contributed by atoms with Crippen LogP contribution in [-0.4, -0.2) is 11.1 Å². The highest BCUT2D eigenvalue weighted by Gasteiger charge is 2.37. The smallest absolute Gasteiger partial charge is 0.268 e. The van der Waals surface area contributed by atoms with Crippen LogP contribution in [0.2, 0.25) is 0 Å². The van der Waals surface area contributed by atoms with E-state index in [-0.39, 0.29) is 11.1 Å². The maximum absolute atomic E-state index is 12.8. The molecule has 1 fully saturated rings. The Morgan fingerprint density at radius 3 is 2.25 bits per heavy atom. The van der Waals surface area contributed by atoms with Gasteiger partial charge in [-0.25, -0.2) is 4.90 Å². The van der Waals surface area contributed by atoms with Crippen LogP contribution in [0.3, 0.4) is 0 Å². The van der Waals surface area contributed by atoms with Crippen LogP contribution < -0.4 is 4.90 Å². The molecule has 0 atom stereocenters. The zero-order valence-electron chi connectivity index (χ0n) is 13.4. The van der Waals surface area contributed by atoms with Gasteiger partial charge in [0.1, 0.15) is 0 Å². The fourth-order valence-corrected chi connectivity index (χ4v) is 3.70. The molecule has 0 aliphatic carbocycles. The molecule has 0 spiro atoms. The van der Waals surface area contributed by atoms with Crippen molar-refractivity contribution >= 4 is 50.1 Å². The summed E-state index contributed by atoms with van der Waals surface area (Å²) in [5, 5.41) is -0.254. The van der Waals surface area contributed by atoms with Crippen molar-refractivity contribution in [1.82, 2.24) is 0 Å². The molecule has 24 heavy (non-hydrogen) atoms. The largest absolute Gasteiger partial charge is 0.298 e. The van der Waals surface area contributed by atoms with Gasteiger partial charge >= 0.3 is 0 Å². The van der Waals surface area contributed by atoms with E-state index >= 15 is 0 Å². The first kappa shape index (κ1) is 17.0. The summed E-state index contributed by atoms with van der Waals surface area (Å²) in [6.45, 7) is 3.94. The maximum Gasteiger partial charge on any atom is 0.298 e. The van der Waals surface area contributed by atoms with Crippen LogP contribution in [0.4, 0.5) is 10.5 Å². The monoisotopic (exact) mass is 401 g/mol. The number of hydrogen-bond acceptors (Lipinski definition) is 3. The van der Waals surface area contributed by atoms with Crippen molar-refractivity contribution in [2.24, 2.45) is 0 Å². The standard InChI is InChI=1S/C19H16BrNO2S/c1-3-13-4-10-16(11-5-13)21-18(22)17(24-19(21)23)12(2)14-6-8-15(20)9-7-14/h4-11H,3H2,1-2H3/b17-12-. The van der Waals surface area contributed by atoms with E-state index in [4.69, 9.17) is 0 Å². The molecule has 1 heterocycles. The normalized spacial score (nSPS) is 16.7. The van der Waals surface area contributed by atoms with Gasteiger partial charge in [-0.05, 0) is 66.1 Å². The average Bonchev–Trinajstić information content (AvgIpc) is 2.89. The Kier molecular flexibility index (Phi) is 4.92. The van der Waals surface area contributed by atoms with E-state index in [1.807, 2.05) is 55.5 Å². The lowest BCUT2D eigenvalue weighted by atomic mass is 10.1. The second-order valence-corrected chi connectivity index (χ2v) is 7.37. The highest BCUT2D eigenvalue weighted by atomic mass is 79.9. The summed E-state index contributed by atoms with van der Waals surface area (Å²) in [5.41, 5.74) is 3.55. The van der Waals surface area contributed by atoms with Crippen LogP contribution in [0.15, 0.2) is 57.9 Å². The van der Waals surface area contributed by atoms with Gasteiger partial charge in [0.05, 0.1) is 10.6 Å². The molecule has 1 aliphatic rings. The average molecular weight is 402 g/mol. The third-order valence-corrected chi connectivity index (χ3v) is 5.56. The van der Waals surface area contributed by atoms with Crippen molar-refractivity contribution in [2.45, 2.75) is 20.3 Å². The summed E-state index contributed by atoms with van der Waals surface area (Å²) in [4.78, 5) is 26.9. The number of amides is 2. The molecule has 2 aromatic carbocycles. The highest BCUT2D eigenvalue weighted by molar-refractivity contribution is 9.10. The van der Waals surface area contributed by atoms with Crippen LogP contribution in [0.25, 0.3) is 5.57 Å². The predicted octanol–water partition coefficient (Wildman–Crippen LogP) is 5.64. The van der Waals surface area contributed by atoms with E-state index in [2.05, 4.69) is 22.9 Å². The minimum atomic E-state index is -0.255. The van der Waals surface area contributed by atoms with E-state index in [0.29, 0.717) is 10.6 Å². The van der Waals surface area contributed by atoms with Gasteiger partial charge in [0.2, 0.25) is 0 Å². The lowest BCUT2D eigenvalue weighted by Crippen LogP contribution is -2.27. The van der Waals surface area contributed by atoms with E-state index in [0.717, 1.165) is 33.8 Å². The van der Waals surface area contributed by atoms with Crippen molar-refractivity contribution in [1.29, 1.82) is 0 Å². The van der Waals surface area contributed by atoms with Crippen molar-refractivity contribution in [3.63, 3.8) is 0 Å². The number of thioether (sulfide) groups is 1. The number of imide groups is 1. The molecule has 0 radical (unpaired) electrons. The number of halogens is 1. The minimum Gasteiger partial charge on any atom is -0.268 e. The van der Waals surface area contributed by atoms with Gasteiger partial charge < -0.3 is 0 Å². The van der Waals surface area contributed by atoms with Crippen LogP contribution >= 0.6 is 27.7 Å². The van der Waals surface area contributed by atoms with Gasteiger partial charge in [0, 0.05) is 4.47 Å².